The molecule has 1 aromatic rings. The molecule has 0 saturated heterocycles. The van der Waals surface area contributed by atoms with Crippen LogP contribution >= 0.6 is 0 Å². The number of nitrogens with one attached hydrogen (secondary N) is 1. The lowest BCUT2D eigenvalue weighted by Crippen LogP contribution is -2.57. The second-order valence-electron chi connectivity index (χ2n) is 4.14. The Morgan fingerprint density at radius 3 is 2.00 bits per heavy atom. The molecule has 0 fully saturated rings. The van der Waals surface area contributed by atoms with E-state index >= 15 is 0 Å². The minimum atomic E-state index is -5.90. The topological polar surface area (TPSA) is 95.3 Å². The van der Waals surface area contributed by atoms with Crippen molar-refractivity contribution in [1.82, 2.24) is 10.2 Å². The largest absolute Gasteiger partial charge is 0.476 e. The molecule has 6 nitrogen and oxygen atoms in total. The summed E-state index contributed by atoms with van der Waals surface area (Å²) in [5.74, 6) is -1.64. The number of hydrogen-bond donors (Lipinski definition) is 3. The Labute approximate surface area is 118 Å². The number of nitrogens with zero attached hydrogens (tertiary/aromatic N) is 2. The zero-order valence-electron chi connectivity index (χ0n) is 10.5. The molecule has 1 heterocycles. The fourth-order valence-electron chi connectivity index (χ4n) is 1.36. The van der Waals surface area contributed by atoms with E-state index in [0.717, 1.165) is 12.1 Å². The first kappa shape index (κ1) is 17.9. The van der Waals surface area contributed by atoms with Gasteiger partial charge >= 0.3 is 18.3 Å². The van der Waals surface area contributed by atoms with E-state index in [1.165, 1.54) is 0 Å². The molecule has 0 amide bonds. The average molecular weight is 333 g/mol. The fourth-order valence-corrected chi connectivity index (χ4v) is 1.36. The molecular formula is C10H9F6N3O3. The third-order valence-electron chi connectivity index (χ3n) is 2.61. The van der Waals surface area contributed by atoms with Crippen molar-refractivity contribution in [2.45, 2.75) is 24.4 Å². The maximum absolute atomic E-state index is 12.4. The van der Waals surface area contributed by atoms with Crippen molar-refractivity contribution in [2.75, 3.05) is 11.9 Å². The van der Waals surface area contributed by atoms with Crippen molar-refractivity contribution >= 4 is 11.8 Å². The Morgan fingerprint density at radius 1 is 1.09 bits per heavy atom. The van der Waals surface area contributed by atoms with Gasteiger partial charge in [0.15, 0.2) is 5.69 Å². The highest BCUT2D eigenvalue weighted by Crippen LogP contribution is 2.45. The van der Waals surface area contributed by atoms with Crippen LogP contribution in [0.15, 0.2) is 12.1 Å². The summed E-state index contributed by atoms with van der Waals surface area (Å²) in [5.41, 5.74) is -5.31. The van der Waals surface area contributed by atoms with E-state index in [-0.39, 0.29) is 5.82 Å². The number of carbonyl (C=O) groups is 1. The van der Waals surface area contributed by atoms with Gasteiger partial charge in [0.25, 0.3) is 5.60 Å². The Kier molecular flexibility index (Phi) is 4.85. The summed E-state index contributed by atoms with van der Waals surface area (Å²) in [5, 5.41) is 25.9. The summed E-state index contributed by atoms with van der Waals surface area (Å²) in [6.45, 7) is -0.920. The van der Waals surface area contributed by atoms with Gasteiger partial charge in [-0.2, -0.15) is 26.3 Å². The lowest BCUT2D eigenvalue weighted by molar-refractivity contribution is -0.368. The van der Waals surface area contributed by atoms with Crippen LogP contribution in [0.3, 0.4) is 0 Å². The van der Waals surface area contributed by atoms with E-state index in [9.17, 15) is 31.1 Å². The number of alkyl halides is 6. The molecule has 0 bridgehead atoms. The Hall–Kier alpha value is -2.11. The molecule has 0 radical (unpaired) electrons. The number of aromatic nitrogens is 2. The molecule has 0 aliphatic heterocycles. The number of hydrogen-bond acceptors (Lipinski definition) is 5. The van der Waals surface area contributed by atoms with Crippen molar-refractivity contribution in [2.24, 2.45) is 0 Å². The quantitative estimate of drug-likeness (QED) is 0.712. The Morgan fingerprint density at radius 2 is 1.64 bits per heavy atom. The molecular weight excluding hydrogens is 324 g/mol. The monoisotopic (exact) mass is 333 g/mol. The second-order valence-corrected chi connectivity index (χ2v) is 4.14. The molecule has 0 atom stereocenters. The summed E-state index contributed by atoms with van der Waals surface area (Å²) in [4.78, 5) is 10.5. The second kappa shape index (κ2) is 5.94. The Balaban J connectivity index is 2.74. The average Bonchev–Trinajstić information content (AvgIpc) is 2.36. The maximum Gasteiger partial charge on any atom is 0.426 e. The van der Waals surface area contributed by atoms with Crippen LogP contribution in [0.2, 0.25) is 0 Å². The molecule has 3 N–H and O–H groups in total. The van der Waals surface area contributed by atoms with E-state index in [4.69, 9.17) is 10.2 Å². The number of aliphatic hydroxyl groups is 1. The molecule has 0 aliphatic carbocycles. The van der Waals surface area contributed by atoms with Gasteiger partial charge in [-0.1, -0.05) is 0 Å². The van der Waals surface area contributed by atoms with E-state index < -0.39 is 42.6 Å². The molecule has 1 rings (SSSR count). The number of aromatic carboxylic acids is 1. The van der Waals surface area contributed by atoms with E-state index in [2.05, 4.69) is 15.5 Å². The predicted octanol–water partition coefficient (Wildman–Crippen LogP) is 1.83. The summed E-state index contributed by atoms with van der Waals surface area (Å²) in [6.07, 6.45) is -13.5. The molecule has 1 aromatic heterocycles. The first-order chi connectivity index (χ1) is 9.88. The van der Waals surface area contributed by atoms with Gasteiger partial charge in [-0.05, 0) is 12.1 Å². The smallest absolute Gasteiger partial charge is 0.426 e. The lowest BCUT2D eigenvalue weighted by atomic mass is 9.98. The van der Waals surface area contributed by atoms with Crippen LogP contribution in [0, 0.1) is 0 Å². The van der Waals surface area contributed by atoms with Crippen LogP contribution in [0.25, 0.3) is 0 Å². The van der Waals surface area contributed by atoms with E-state index in [0.29, 0.717) is 0 Å². The van der Waals surface area contributed by atoms with Gasteiger partial charge in [-0.25, -0.2) is 4.79 Å². The molecule has 0 saturated carbocycles. The zero-order valence-corrected chi connectivity index (χ0v) is 10.5. The third kappa shape index (κ3) is 3.75. The van der Waals surface area contributed by atoms with Crippen LogP contribution in [-0.4, -0.2) is 50.9 Å². The van der Waals surface area contributed by atoms with Gasteiger partial charge in [-0.3, -0.25) is 0 Å². The molecule has 12 heteroatoms. The van der Waals surface area contributed by atoms with Crippen LogP contribution in [-0.2, 0) is 0 Å². The Bertz CT molecular complexity index is 514. The first-order valence-electron chi connectivity index (χ1n) is 5.55. The van der Waals surface area contributed by atoms with Crippen molar-refractivity contribution in [3.63, 3.8) is 0 Å². The van der Waals surface area contributed by atoms with Crippen molar-refractivity contribution in [1.29, 1.82) is 0 Å². The maximum atomic E-state index is 12.4. The van der Waals surface area contributed by atoms with Gasteiger partial charge in [0.2, 0.25) is 0 Å². The zero-order chi connectivity index (χ0) is 17.2. The number of anilines is 1. The van der Waals surface area contributed by atoms with E-state index in [1.54, 1.807) is 0 Å². The number of halogens is 6. The normalized spacial score (nSPS) is 13.0. The highest BCUT2D eigenvalue weighted by atomic mass is 19.4. The summed E-state index contributed by atoms with van der Waals surface area (Å²) in [7, 11) is 0. The van der Waals surface area contributed by atoms with Gasteiger partial charge in [0.1, 0.15) is 5.82 Å². The van der Waals surface area contributed by atoms with Gasteiger partial charge in [0, 0.05) is 13.0 Å². The summed E-state index contributed by atoms with van der Waals surface area (Å²) < 4.78 is 74.3. The lowest BCUT2D eigenvalue weighted by Gasteiger charge is -2.32. The molecule has 0 unspecified atom stereocenters. The number of carboxylic acid groups (broad SMARTS) is 1. The predicted molar refractivity (Wildman–Crippen MR) is 59.2 cm³/mol. The summed E-state index contributed by atoms with van der Waals surface area (Å²) in [6, 6.07) is 1.97. The van der Waals surface area contributed by atoms with Crippen LogP contribution in [0.5, 0.6) is 0 Å². The first-order valence-corrected chi connectivity index (χ1v) is 5.55. The number of rotatable bonds is 5. The highest BCUT2D eigenvalue weighted by molar-refractivity contribution is 5.85. The fraction of sp³-hybridized carbons (Fsp3) is 0.500. The third-order valence-corrected chi connectivity index (χ3v) is 2.61. The van der Waals surface area contributed by atoms with Crippen molar-refractivity contribution < 1.29 is 41.4 Å². The highest BCUT2D eigenvalue weighted by Gasteiger charge is 2.69. The minimum absolute atomic E-state index is 0.239. The molecule has 0 aliphatic rings. The molecule has 22 heavy (non-hydrogen) atoms. The summed E-state index contributed by atoms with van der Waals surface area (Å²) >= 11 is 0. The molecule has 0 spiro atoms. The van der Waals surface area contributed by atoms with Gasteiger partial charge < -0.3 is 15.5 Å². The van der Waals surface area contributed by atoms with Crippen LogP contribution < -0.4 is 5.32 Å². The molecule has 124 valence electrons. The SMILES string of the molecule is O=C(O)c1ccc(NCCC(O)(C(F)(F)F)C(F)(F)F)nn1. The molecule has 0 aromatic carbocycles. The minimum Gasteiger partial charge on any atom is -0.476 e. The van der Waals surface area contributed by atoms with Crippen molar-refractivity contribution in [3.05, 3.63) is 17.8 Å². The van der Waals surface area contributed by atoms with Gasteiger partial charge in [0.05, 0.1) is 0 Å². The van der Waals surface area contributed by atoms with Crippen molar-refractivity contribution in [3.8, 4) is 0 Å². The van der Waals surface area contributed by atoms with Gasteiger partial charge in [-0.15, -0.1) is 10.2 Å². The standard InChI is InChI=1S/C10H9F6N3O3/c11-9(12,13)8(22,10(14,15)16)3-4-17-6-2-1-5(7(20)21)18-19-6/h1-2,22H,3-4H2,(H,17,19)(H,20,21). The van der Waals surface area contributed by atoms with Crippen LogP contribution in [0.4, 0.5) is 32.2 Å². The van der Waals surface area contributed by atoms with Crippen LogP contribution in [0.1, 0.15) is 16.9 Å². The van der Waals surface area contributed by atoms with E-state index in [1.807, 2.05) is 0 Å². The number of carboxylic acids is 1.